The van der Waals surface area contributed by atoms with Crippen LogP contribution in [0.5, 0.6) is 5.75 Å². The SMILES string of the molecule is Cc1ncccc1COc1ccc2oc(C)c(C(N)=O)c2c1C(C)(CO)C(N)=O. The van der Waals surface area contributed by atoms with Crippen LogP contribution >= 0.6 is 0 Å². The predicted molar refractivity (Wildman–Crippen MR) is 106 cm³/mol. The van der Waals surface area contributed by atoms with Gasteiger partial charge in [0.25, 0.3) is 5.91 Å². The van der Waals surface area contributed by atoms with E-state index >= 15 is 0 Å². The van der Waals surface area contributed by atoms with Crippen LogP contribution < -0.4 is 16.2 Å². The Balaban J connectivity index is 2.25. The molecule has 8 nitrogen and oxygen atoms in total. The average Bonchev–Trinajstić information content (AvgIpc) is 3.02. The van der Waals surface area contributed by atoms with Crippen molar-refractivity contribution in [1.82, 2.24) is 4.98 Å². The lowest BCUT2D eigenvalue weighted by Crippen LogP contribution is -2.42. The number of pyridine rings is 1. The second kappa shape index (κ2) is 7.56. The Hall–Kier alpha value is -3.39. The van der Waals surface area contributed by atoms with Crippen molar-refractivity contribution in [1.29, 1.82) is 0 Å². The number of aliphatic hydroxyl groups is 1. The maximum absolute atomic E-state index is 12.3. The first-order valence-corrected chi connectivity index (χ1v) is 9.01. The molecule has 29 heavy (non-hydrogen) atoms. The number of fused-ring (bicyclic) bond motifs is 1. The van der Waals surface area contributed by atoms with Crippen molar-refractivity contribution in [3.8, 4) is 5.75 Å². The van der Waals surface area contributed by atoms with Gasteiger partial charge in [-0.15, -0.1) is 0 Å². The van der Waals surface area contributed by atoms with Gasteiger partial charge in [-0.3, -0.25) is 14.6 Å². The molecule has 0 bridgehead atoms. The number of amides is 2. The normalized spacial score (nSPS) is 13.2. The fourth-order valence-electron chi connectivity index (χ4n) is 3.36. The lowest BCUT2D eigenvalue weighted by atomic mass is 9.79. The third-order valence-electron chi connectivity index (χ3n) is 5.15. The number of aryl methyl sites for hydroxylation is 2. The number of aliphatic hydroxyl groups excluding tert-OH is 1. The van der Waals surface area contributed by atoms with Crippen molar-refractivity contribution < 1.29 is 23.8 Å². The maximum Gasteiger partial charge on any atom is 0.252 e. The molecule has 2 heterocycles. The van der Waals surface area contributed by atoms with Crippen LogP contribution in [0.15, 0.2) is 34.9 Å². The number of hydrogen-bond acceptors (Lipinski definition) is 6. The third kappa shape index (κ3) is 3.42. The number of nitrogens with zero attached hydrogens (tertiary/aromatic N) is 1. The van der Waals surface area contributed by atoms with Crippen LogP contribution in [0.2, 0.25) is 0 Å². The monoisotopic (exact) mass is 397 g/mol. The Morgan fingerprint density at radius 2 is 1.97 bits per heavy atom. The summed E-state index contributed by atoms with van der Waals surface area (Å²) in [7, 11) is 0. The van der Waals surface area contributed by atoms with Gasteiger partial charge in [-0.05, 0) is 39.0 Å². The topological polar surface area (TPSA) is 142 Å². The number of aromatic nitrogens is 1. The molecule has 0 radical (unpaired) electrons. The number of carbonyl (C=O) groups is 2. The molecule has 0 aliphatic carbocycles. The van der Waals surface area contributed by atoms with Crippen LogP contribution in [0.4, 0.5) is 0 Å². The number of hydrogen-bond donors (Lipinski definition) is 3. The Kier molecular flexibility index (Phi) is 5.30. The highest BCUT2D eigenvalue weighted by atomic mass is 16.5. The average molecular weight is 397 g/mol. The molecule has 0 saturated carbocycles. The minimum absolute atomic E-state index is 0.124. The molecule has 1 aromatic carbocycles. The number of primary amides is 2. The van der Waals surface area contributed by atoms with Gasteiger partial charge in [-0.1, -0.05) is 6.07 Å². The number of rotatable bonds is 7. The first-order valence-electron chi connectivity index (χ1n) is 9.01. The van der Waals surface area contributed by atoms with Gasteiger partial charge in [0.15, 0.2) is 0 Å². The largest absolute Gasteiger partial charge is 0.488 e. The van der Waals surface area contributed by atoms with Crippen molar-refractivity contribution >= 4 is 22.8 Å². The third-order valence-corrected chi connectivity index (χ3v) is 5.15. The van der Waals surface area contributed by atoms with Crippen LogP contribution in [0.3, 0.4) is 0 Å². The summed E-state index contributed by atoms with van der Waals surface area (Å²) in [5, 5.41) is 10.4. The summed E-state index contributed by atoms with van der Waals surface area (Å²) < 4.78 is 11.7. The standard InChI is InChI=1S/C21H23N3O5/c1-11-13(5-4-8-24-11)9-28-15-7-6-14-17(16(19(22)26)12(2)29-14)18(15)21(3,10-25)20(23)27/h4-8,25H,9-10H2,1-3H3,(H2,22,26)(H2,23,27). The summed E-state index contributed by atoms with van der Waals surface area (Å²) in [4.78, 5) is 28.6. The maximum atomic E-state index is 12.3. The molecule has 8 heteroatoms. The zero-order valence-corrected chi connectivity index (χ0v) is 16.5. The molecule has 1 unspecified atom stereocenters. The van der Waals surface area contributed by atoms with E-state index in [2.05, 4.69) is 4.98 Å². The Morgan fingerprint density at radius 3 is 2.55 bits per heavy atom. The van der Waals surface area contributed by atoms with Crippen molar-refractivity contribution in [3.05, 3.63) is 58.6 Å². The van der Waals surface area contributed by atoms with E-state index in [-0.39, 0.29) is 17.7 Å². The van der Waals surface area contributed by atoms with E-state index in [4.69, 9.17) is 20.6 Å². The molecule has 0 fully saturated rings. The van der Waals surface area contributed by atoms with E-state index in [0.717, 1.165) is 11.3 Å². The summed E-state index contributed by atoms with van der Waals surface area (Å²) in [6.07, 6.45) is 1.68. The fraction of sp³-hybridized carbons (Fsp3) is 0.286. The second-order valence-corrected chi connectivity index (χ2v) is 7.10. The van der Waals surface area contributed by atoms with Gasteiger partial charge in [0.1, 0.15) is 23.7 Å². The number of nitrogens with two attached hydrogens (primary N) is 2. The molecule has 2 amide bonds. The van der Waals surface area contributed by atoms with Gasteiger partial charge in [-0.2, -0.15) is 0 Å². The summed E-state index contributed by atoms with van der Waals surface area (Å²) >= 11 is 0. The van der Waals surface area contributed by atoms with E-state index in [1.54, 1.807) is 31.3 Å². The minimum atomic E-state index is -1.53. The van der Waals surface area contributed by atoms with Gasteiger partial charge < -0.3 is 25.7 Å². The molecule has 5 N–H and O–H groups in total. The van der Waals surface area contributed by atoms with Gasteiger partial charge in [-0.25, -0.2) is 0 Å². The molecule has 1 atom stereocenters. The quantitative estimate of drug-likeness (QED) is 0.555. The summed E-state index contributed by atoms with van der Waals surface area (Å²) in [5.41, 5.74) is 12.0. The first-order chi connectivity index (χ1) is 13.7. The Labute approximate surface area is 167 Å². The minimum Gasteiger partial charge on any atom is -0.488 e. The highest BCUT2D eigenvalue weighted by Crippen LogP contribution is 2.41. The van der Waals surface area contributed by atoms with Crippen molar-refractivity contribution in [2.24, 2.45) is 11.5 Å². The molecule has 2 aromatic heterocycles. The summed E-state index contributed by atoms with van der Waals surface area (Å²) in [5.74, 6) is -0.894. The predicted octanol–water partition coefficient (Wildman–Crippen LogP) is 1.86. The molecule has 0 saturated heterocycles. The zero-order chi connectivity index (χ0) is 21.3. The molecule has 0 spiro atoms. The smallest absolute Gasteiger partial charge is 0.252 e. The second-order valence-electron chi connectivity index (χ2n) is 7.10. The number of ether oxygens (including phenoxy) is 1. The van der Waals surface area contributed by atoms with E-state index in [9.17, 15) is 14.7 Å². The number of benzene rings is 1. The van der Waals surface area contributed by atoms with Crippen molar-refractivity contribution in [2.45, 2.75) is 32.8 Å². The zero-order valence-electron chi connectivity index (χ0n) is 16.5. The van der Waals surface area contributed by atoms with Gasteiger partial charge in [0.05, 0.1) is 17.6 Å². The molecular formula is C21H23N3O5. The van der Waals surface area contributed by atoms with Crippen LogP contribution in [0, 0.1) is 13.8 Å². The highest BCUT2D eigenvalue weighted by Gasteiger charge is 2.39. The molecule has 0 aliphatic heterocycles. The van der Waals surface area contributed by atoms with Crippen LogP contribution in [-0.2, 0) is 16.8 Å². The number of carbonyl (C=O) groups excluding carboxylic acids is 2. The number of furan rings is 1. The summed E-state index contributed by atoms with van der Waals surface area (Å²) in [6, 6.07) is 6.91. The van der Waals surface area contributed by atoms with E-state index < -0.39 is 23.8 Å². The van der Waals surface area contributed by atoms with Gasteiger partial charge in [0, 0.05) is 28.4 Å². The molecular weight excluding hydrogens is 374 g/mol. The molecule has 152 valence electrons. The Bertz CT molecular complexity index is 1110. The van der Waals surface area contributed by atoms with E-state index in [1.807, 2.05) is 13.0 Å². The molecule has 3 rings (SSSR count). The van der Waals surface area contributed by atoms with Crippen molar-refractivity contribution in [2.75, 3.05) is 6.61 Å². The summed E-state index contributed by atoms with van der Waals surface area (Å²) in [6.45, 7) is 4.52. The van der Waals surface area contributed by atoms with Crippen LogP contribution in [0.1, 0.15) is 39.9 Å². The van der Waals surface area contributed by atoms with Gasteiger partial charge >= 0.3 is 0 Å². The molecule has 0 aliphatic rings. The van der Waals surface area contributed by atoms with E-state index in [0.29, 0.717) is 22.5 Å². The fourth-order valence-corrected chi connectivity index (χ4v) is 3.36. The van der Waals surface area contributed by atoms with Crippen LogP contribution in [-0.4, -0.2) is 28.5 Å². The van der Waals surface area contributed by atoms with E-state index in [1.165, 1.54) is 6.92 Å². The van der Waals surface area contributed by atoms with Crippen molar-refractivity contribution in [3.63, 3.8) is 0 Å². The highest BCUT2D eigenvalue weighted by molar-refractivity contribution is 6.10. The Morgan fingerprint density at radius 1 is 1.24 bits per heavy atom. The van der Waals surface area contributed by atoms with Gasteiger partial charge in [0.2, 0.25) is 5.91 Å². The van der Waals surface area contributed by atoms with Crippen LogP contribution in [0.25, 0.3) is 11.0 Å². The lowest BCUT2D eigenvalue weighted by molar-refractivity contribution is -0.124. The lowest BCUT2D eigenvalue weighted by Gasteiger charge is -2.27. The molecule has 3 aromatic rings. The first kappa shape index (κ1) is 20.3.